The van der Waals surface area contributed by atoms with E-state index >= 15 is 0 Å². The fourth-order valence-electron chi connectivity index (χ4n) is 2.76. The van der Waals surface area contributed by atoms with Gasteiger partial charge in [-0.3, -0.25) is 0 Å². The maximum Gasteiger partial charge on any atom is 0.123 e. The first-order valence-electron chi connectivity index (χ1n) is 6.91. The molecule has 106 valence electrons. The van der Waals surface area contributed by atoms with Crippen LogP contribution in [-0.2, 0) is 6.42 Å². The van der Waals surface area contributed by atoms with E-state index < -0.39 is 0 Å². The normalized spacial score (nSPS) is 20.4. The lowest BCUT2D eigenvalue weighted by molar-refractivity contribution is 0.130. The summed E-state index contributed by atoms with van der Waals surface area (Å²) >= 11 is 0. The van der Waals surface area contributed by atoms with E-state index in [0.29, 0.717) is 13.1 Å². The van der Waals surface area contributed by atoms with E-state index in [4.69, 9.17) is 0 Å². The molecule has 3 nitrogen and oxygen atoms in total. The lowest BCUT2D eigenvalue weighted by Gasteiger charge is -2.28. The summed E-state index contributed by atoms with van der Waals surface area (Å²) in [6, 6.07) is 5.27. The van der Waals surface area contributed by atoms with Gasteiger partial charge in [-0.1, -0.05) is 6.07 Å². The second-order valence-electron chi connectivity index (χ2n) is 5.61. The fourth-order valence-corrected chi connectivity index (χ4v) is 2.76. The van der Waals surface area contributed by atoms with Crippen molar-refractivity contribution in [1.82, 2.24) is 10.2 Å². The van der Waals surface area contributed by atoms with Crippen LogP contribution in [-0.4, -0.2) is 43.3 Å². The maximum atomic E-state index is 13.2. The van der Waals surface area contributed by atoms with Crippen molar-refractivity contribution in [2.45, 2.75) is 31.4 Å². The molecule has 1 aliphatic carbocycles. The molecule has 0 amide bonds. The molecule has 2 unspecified atom stereocenters. The number of benzene rings is 1. The van der Waals surface area contributed by atoms with Gasteiger partial charge >= 0.3 is 0 Å². The van der Waals surface area contributed by atoms with Crippen LogP contribution >= 0.6 is 0 Å². The number of hydrogen-bond acceptors (Lipinski definition) is 3. The molecule has 0 aromatic heterocycles. The van der Waals surface area contributed by atoms with Crippen molar-refractivity contribution in [3.63, 3.8) is 0 Å². The Morgan fingerprint density at radius 3 is 3.00 bits per heavy atom. The molecule has 0 spiro atoms. The largest absolute Gasteiger partial charge is 0.390 e. The number of nitrogens with one attached hydrogen (secondary N) is 1. The molecule has 1 aromatic rings. The van der Waals surface area contributed by atoms with Gasteiger partial charge in [0.05, 0.1) is 6.10 Å². The van der Waals surface area contributed by atoms with Crippen LogP contribution in [0.3, 0.4) is 0 Å². The molecule has 0 saturated carbocycles. The van der Waals surface area contributed by atoms with Gasteiger partial charge in [-0.05, 0) is 56.6 Å². The van der Waals surface area contributed by atoms with Gasteiger partial charge in [0, 0.05) is 19.1 Å². The lowest BCUT2D eigenvalue weighted by Crippen LogP contribution is -2.37. The SMILES string of the molecule is CN(C)CC(O)CNC1CCCc2cc(F)ccc21. The third-order valence-electron chi connectivity index (χ3n) is 3.60. The Bertz CT molecular complexity index is 423. The van der Waals surface area contributed by atoms with Gasteiger partial charge < -0.3 is 15.3 Å². The van der Waals surface area contributed by atoms with Crippen molar-refractivity contribution >= 4 is 0 Å². The third-order valence-corrected chi connectivity index (χ3v) is 3.60. The van der Waals surface area contributed by atoms with Gasteiger partial charge in [0.2, 0.25) is 0 Å². The monoisotopic (exact) mass is 266 g/mol. The zero-order valence-electron chi connectivity index (χ0n) is 11.7. The maximum absolute atomic E-state index is 13.2. The topological polar surface area (TPSA) is 35.5 Å². The Balaban J connectivity index is 1.96. The average molecular weight is 266 g/mol. The zero-order valence-corrected chi connectivity index (χ0v) is 11.7. The predicted molar refractivity (Wildman–Crippen MR) is 74.6 cm³/mol. The van der Waals surface area contributed by atoms with Crippen LogP contribution in [0.5, 0.6) is 0 Å². The fraction of sp³-hybridized carbons (Fsp3) is 0.600. The van der Waals surface area contributed by atoms with Crippen LogP contribution in [0.1, 0.15) is 30.0 Å². The standard InChI is InChI=1S/C15H23FN2O/c1-18(2)10-13(19)9-17-15-5-3-4-11-8-12(16)6-7-14(11)15/h6-8,13,15,17,19H,3-5,9-10H2,1-2H3. The highest BCUT2D eigenvalue weighted by molar-refractivity contribution is 5.32. The molecule has 0 bridgehead atoms. The van der Waals surface area contributed by atoms with Crippen LogP contribution in [0.2, 0.25) is 0 Å². The molecule has 2 atom stereocenters. The van der Waals surface area contributed by atoms with Crippen molar-refractivity contribution in [2.75, 3.05) is 27.2 Å². The molecule has 0 saturated heterocycles. The first kappa shape index (κ1) is 14.4. The van der Waals surface area contributed by atoms with E-state index in [1.165, 1.54) is 11.6 Å². The summed E-state index contributed by atoms with van der Waals surface area (Å²) in [5.41, 5.74) is 2.29. The molecule has 2 N–H and O–H groups in total. The molecule has 0 heterocycles. The number of hydrogen-bond donors (Lipinski definition) is 2. The highest BCUT2D eigenvalue weighted by atomic mass is 19.1. The highest BCUT2D eigenvalue weighted by Crippen LogP contribution is 2.30. The molecule has 0 aliphatic heterocycles. The molecule has 4 heteroatoms. The minimum absolute atomic E-state index is 0.160. The molecule has 1 aliphatic rings. The number of fused-ring (bicyclic) bond motifs is 1. The number of aryl methyl sites for hydroxylation is 1. The smallest absolute Gasteiger partial charge is 0.123 e. The summed E-state index contributed by atoms with van der Waals surface area (Å²) in [7, 11) is 3.89. The second kappa shape index (κ2) is 6.46. The molecule has 0 radical (unpaired) electrons. The minimum atomic E-state index is -0.374. The summed E-state index contributed by atoms with van der Waals surface area (Å²) in [4.78, 5) is 1.97. The number of halogens is 1. The van der Waals surface area contributed by atoms with Crippen molar-refractivity contribution in [3.05, 3.63) is 35.1 Å². The van der Waals surface area contributed by atoms with Crippen LogP contribution < -0.4 is 5.32 Å². The molecular weight excluding hydrogens is 243 g/mol. The van der Waals surface area contributed by atoms with Gasteiger partial charge in [0.25, 0.3) is 0 Å². The van der Waals surface area contributed by atoms with Crippen molar-refractivity contribution in [1.29, 1.82) is 0 Å². The van der Waals surface area contributed by atoms with Gasteiger partial charge in [0.15, 0.2) is 0 Å². The summed E-state index contributed by atoms with van der Waals surface area (Å²) < 4.78 is 13.2. The van der Waals surface area contributed by atoms with E-state index in [1.807, 2.05) is 25.1 Å². The Morgan fingerprint density at radius 2 is 2.26 bits per heavy atom. The number of likely N-dealkylation sites (N-methyl/N-ethyl adjacent to an activating group) is 1. The Morgan fingerprint density at radius 1 is 1.47 bits per heavy atom. The van der Waals surface area contributed by atoms with Gasteiger partial charge in [-0.25, -0.2) is 4.39 Å². The highest BCUT2D eigenvalue weighted by Gasteiger charge is 2.20. The molecule has 2 rings (SSSR count). The molecule has 1 aromatic carbocycles. The van der Waals surface area contributed by atoms with E-state index in [1.54, 1.807) is 6.07 Å². The first-order chi connectivity index (χ1) is 9.06. The number of aliphatic hydroxyl groups is 1. The quantitative estimate of drug-likeness (QED) is 0.852. The average Bonchev–Trinajstić information content (AvgIpc) is 2.35. The summed E-state index contributed by atoms with van der Waals surface area (Å²) in [5, 5.41) is 13.3. The zero-order chi connectivity index (χ0) is 13.8. The molecule has 19 heavy (non-hydrogen) atoms. The minimum Gasteiger partial charge on any atom is -0.390 e. The van der Waals surface area contributed by atoms with E-state index in [0.717, 1.165) is 24.8 Å². The summed E-state index contributed by atoms with van der Waals surface area (Å²) in [5.74, 6) is -0.160. The Hall–Kier alpha value is -0.970. The van der Waals surface area contributed by atoms with Crippen LogP contribution in [0, 0.1) is 5.82 Å². The number of rotatable bonds is 5. The first-order valence-corrected chi connectivity index (χ1v) is 6.91. The predicted octanol–water partition coefficient (Wildman–Crippen LogP) is 1.72. The van der Waals surface area contributed by atoms with Crippen molar-refractivity contribution in [2.24, 2.45) is 0 Å². The van der Waals surface area contributed by atoms with E-state index in [-0.39, 0.29) is 18.0 Å². The molecule has 0 fully saturated rings. The lowest BCUT2D eigenvalue weighted by atomic mass is 9.87. The van der Waals surface area contributed by atoms with Crippen LogP contribution in [0.15, 0.2) is 18.2 Å². The van der Waals surface area contributed by atoms with E-state index in [2.05, 4.69) is 5.32 Å². The summed E-state index contributed by atoms with van der Waals surface area (Å²) in [6.07, 6.45) is 2.69. The van der Waals surface area contributed by atoms with Crippen molar-refractivity contribution < 1.29 is 9.50 Å². The third kappa shape index (κ3) is 4.00. The van der Waals surface area contributed by atoms with E-state index in [9.17, 15) is 9.50 Å². The Labute approximate surface area is 114 Å². The Kier molecular flexibility index (Phi) is 4.91. The van der Waals surface area contributed by atoms with Gasteiger partial charge in [-0.2, -0.15) is 0 Å². The second-order valence-corrected chi connectivity index (χ2v) is 5.61. The summed E-state index contributed by atoms with van der Waals surface area (Å²) in [6.45, 7) is 1.22. The molecular formula is C15H23FN2O. The van der Waals surface area contributed by atoms with Gasteiger partial charge in [0.1, 0.15) is 5.82 Å². The van der Waals surface area contributed by atoms with Crippen molar-refractivity contribution in [3.8, 4) is 0 Å². The van der Waals surface area contributed by atoms with Crippen LogP contribution in [0.4, 0.5) is 4.39 Å². The number of nitrogens with zero attached hydrogens (tertiary/aromatic N) is 1. The van der Waals surface area contributed by atoms with Crippen LogP contribution in [0.25, 0.3) is 0 Å². The number of aliphatic hydroxyl groups excluding tert-OH is 1. The van der Waals surface area contributed by atoms with Gasteiger partial charge in [-0.15, -0.1) is 0 Å².